The van der Waals surface area contributed by atoms with Crippen LogP contribution in [0, 0.1) is 0 Å². The van der Waals surface area contributed by atoms with Crippen LogP contribution in [-0.2, 0) is 13.0 Å². The first-order chi connectivity index (χ1) is 8.36. The fraction of sp³-hybridized carbons (Fsp3) is 0.385. The van der Waals surface area contributed by atoms with Crippen molar-refractivity contribution in [3.05, 3.63) is 35.1 Å². The molecular formula is C13H14ClN3. The molecule has 0 unspecified atom stereocenters. The summed E-state index contributed by atoms with van der Waals surface area (Å²) in [6, 6.07) is 7.82. The van der Waals surface area contributed by atoms with Gasteiger partial charge in [-0.2, -0.15) is 0 Å². The van der Waals surface area contributed by atoms with E-state index in [1.54, 1.807) is 0 Å². The van der Waals surface area contributed by atoms with Crippen LogP contribution in [0.3, 0.4) is 0 Å². The van der Waals surface area contributed by atoms with Gasteiger partial charge >= 0.3 is 0 Å². The highest BCUT2D eigenvalue weighted by Gasteiger charge is 2.17. The van der Waals surface area contributed by atoms with Gasteiger partial charge in [-0.3, -0.25) is 0 Å². The van der Waals surface area contributed by atoms with Gasteiger partial charge < -0.3 is 4.57 Å². The number of aryl methyl sites for hydroxylation is 1. The molecule has 0 saturated heterocycles. The summed E-state index contributed by atoms with van der Waals surface area (Å²) in [7, 11) is 0. The lowest BCUT2D eigenvalue weighted by atomic mass is 10.2. The first-order valence-electron chi connectivity index (χ1n) is 6.03. The van der Waals surface area contributed by atoms with E-state index in [4.69, 9.17) is 11.6 Å². The maximum Gasteiger partial charge on any atom is 0.165 e. The molecule has 3 nitrogen and oxygen atoms in total. The van der Waals surface area contributed by atoms with E-state index >= 15 is 0 Å². The third-order valence-corrected chi connectivity index (χ3v) is 3.55. The molecule has 0 radical (unpaired) electrons. The predicted molar refractivity (Wildman–Crippen MR) is 68.0 cm³/mol. The van der Waals surface area contributed by atoms with Crippen LogP contribution in [0.2, 0.25) is 5.02 Å². The molecule has 0 bridgehead atoms. The maximum atomic E-state index is 6.22. The Morgan fingerprint density at radius 1 is 1.06 bits per heavy atom. The number of rotatable bonds is 1. The molecule has 88 valence electrons. The van der Waals surface area contributed by atoms with Gasteiger partial charge in [0.25, 0.3) is 0 Å². The van der Waals surface area contributed by atoms with Crippen LogP contribution in [0.15, 0.2) is 24.3 Å². The minimum Gasteiger partial charge on any atom is -0.311 e. The quantitative estimate of drug-likeness (QED) is 0.774. The van der Waals surface area contributed by atoms with Crippen molar-refractivity contribution >= 4 is 11.6 Å². The average Bonchev–Trinajstić information content (AvgIpc) is 2.59. The number of nitrogens with zero attached hydrogens (tertiary/aromatic N) is 3. The number of fused-ring (bicyclic) bond motifs is 1. The van der Waals surface area contributed by atoms with Crippen LogP contribution in [-0.4, -0.2) is 14.8 Å². The Bertz CT molecular complexity index is 533. The second-order valence-electron chi connectivity index (χ2n) is 4.38. The molecule has 2 aromatic rings. The molecule has 1 aliphatic rings. The highest BCUT2D eigenvalue weighted by molar-refractivity contribution is 6.33. The van der Waals surface area contributed by atoms with E-state index in [1.165, 1.54) is 19.3 Å². The van der Waals surface area contributed by atoms with Crippen LogP contribution in [0.25, 0.3) is 11.4 Å². The number of hydrogen-bond acceptors (Lipinski definition) is 2. The minimum atomic E-state index is 0.743. The molecule has 2 heterocycles. The van der Waals surface area contributed by atoms with Crippen LogP contribution < -0.4 is 0 Å². The zero-order valence-electron chi connectivity index (χ0n) is 9.56. The summed E-state index contributed by atoms with van der Waals surface area (Å²) in [5.41, 5.74) is 0.981. The Morgan fingerprint density at radius 3 is 2.82 bits per heavy atom. The van der Waals surface area contributed by atoms with E-state index in [-0.39, 0.29) is 0 Å². The predicted octanol–water partition coefficient (Wildman–Crippen LogP) is 3.32. The Labute approximate surface area is 105 Å². The highest BCUT2D eigenvalue weighted by atomic mass is 35.5. The van der Waals surface area contributed by atoms with Crippen LogP contribution in [0.5, 0.6) is 0 Å². The average molecular weight is 248 g/mol. The van der Waals surface area contributed by atoms with Crippen LogP contribution >= 0.6 is 11.6 Å². The summed E-state index contributed by atoms with van der Waals surface area (Å²) < 4.78 is 2.22. The van der Waals surface area contributed by atoms with Crippen LogP contribution in [0.4, 0.5) is 0 Å². The smallest absolute Gasteiger partial charge is 0.165 e. The van der Waals surface area contributed by atoms with Crippen molar-refractivity contribution < 1.29 is 0 Å². The van der Waals surface area contributed by atoms with Crippen LogP contribution in [0.1, 0.15) is 25.1 Å². The lowest BCUT2D eigenvalue weighted by Crippen LogP contribution is -2.03. The molecule has 1 aromatic carbocycles. The van der Waals surface area contributed by atoms with Crippen molar-refractivity contribution in [1.29, 1.82) is 0 Å². The third-order valence-electron chi connectivity index (χ3n) is 3.22. The number of hydrogen-bond donors (Lipinski definition) is 0. The number of benzene rings is 1. The maximum absolute atomic E-state index is 6.22. The fourth-order valence-corrected chi connectivity index (χ4v) is 2.55. The van der Waals surface area contributed by atoms with Gasteiger partial charge in [0.2, 0.25) is 0 Å². The molecule has 1 aromatic heterocycles. The Morgan fingerprint density at radius 2 is 1.94 bits per heavy atom. The van der Waals surface area contributed by atoms with Crippen molar-refractivity contribution in [3.8, 4) is 11.4 Å². The molecule has 0 saturated carbocycles. The van der Waals surface area contributed by atoms with Gasteiger partial charge in [-0.1, -0.05) is 30.2 Å². The van der Waals surface area contributed by atoms with E-state index in [9.17, 15) is 0 Å². The summed E-state index contributed by atoms with van der Waals surface area (Å²) in [4.78, 5) is 0. The monoisotopic (exact) mass is 247 g/mol. The van der Waals surface area contributed by atoms with Gasteiger partial charge in [-0.25, -0.2) is 0 Å². The molecule has 0 fully saturated rings. The molecular weight excluding hydrogens is 234 g/mol. The van der Waals surface area contributed by atoms with Gasteiger partial charge in [0.1, 0.15) is 5.82 Å². The van der Waals surface area contributed by atoms with Crippen molar-refractivity contribution in [2.75, 3.05) is 0 Å². The topological polar surface area (TPSA) is 30.7 Å². The summed E-state index contributed by atoms with van der Waals surface area (Å²) >= 11 is 6.22. The lowest BCUT2D eigenvalue weighted by Gasteiger charge is -2.07. The van der Waals surface area contributed by atoms with Crippen molar-refractivity contribution in [3.63, 3.8) is 0 Å². The second-order valence-corrected chi connectivity index (χ2v) is 4.79. The van der Waals surface area contributed by atoms with Gasteiger partial charge in [0.15, 0.2) is 5.82 Å². The molecule has 0 spiro atoms. The summed E-state index contributed by atoms with van der Waals surface area (Å²) in [5, 5.41) is 9.33. The molecule has 0 N–H and O–H groups in total. The highest BCUT2D eigenvalue weighted by Crippen LogP contribution is 2.28. The van der Waals surface area contributed by atoms with E-state index < -0.39 is 0 Å². The first kappa shape index (κ1) is 10.8. The van der Waals surface area contributed by atoms with Gasteiger partial charge in [0.05, 0.1) is 5.02 Å². The Kier molecular flexibility index (Phi) is 2.85. The van der Waals surface area contributed by atoms with E-state index in [2.05, 4.69) is 14.8 Å². The minimum absolute atomic E-state index is 0.743. The molecule has 4 heteroatoms. The van der Waals surface area contributed by atoms with Gasteiger partial charge in [0, 0.05) is 18.5 Å². The summed E-state index contributed by atoms with van der Waals surface area (Å²) in [5.74, 6) is 2.00. The van der Waals surface area contributed by atoms with E-state index in [0.29, 0.717) is 0 Å². The molecule has 0 amide bonds. The fourth-order valence-electron chi connectivity index (χ4n) is 2.33. The zero-order valence-corrected chi connectivity index (χ0v) is 10.3. The summed E-state index contributed by atoms with van der Waals surface area (Å²) in [6.45, 7) is 1.00. The largest absolute Gasteiger partial charge is 0.311 e. The first-order valence-corrected chi connectivity index (χ1v) is 6.41. The normalized spacial score (nSPS) is 15.4. The van der Waals surface area contributed by atoms with Crippen molar-refractivity contribution in [1.82, 2.24) is 14.8 Å². The summed E-state index contributed by atoms with van der Waals surface area (Å²) in [6.07, 6.45) is 4.70. The van der Waals surface area contributed by atoms with E-state index in [1.807, 2.05) is 24.3 Å². The van der Waals surface area contributed by atoms with E-state index in [0.717, 1.165) is 35.2 Å². The van der Waals surface area contributed by atoms with Crippen molar-refractivity contribution in [2.24, 2.45) is 0 Å². The van der Waals surface area contributed by atoms with Gasteiger partial charge in [-0.15, -0.1) is 10.2 Å². The molecule has 0 atom stereocenters. The Hall–Kier alpha value is -1.35. The SMILES string of the molecule is Clc1ccccc1-c1nnc2n1CCCCC2. The molecule has 0 aliphatic carbocycles. The Balaban J connectivity index is 2.10. The second kappa shape index (κ2) is 4.49. The van der Waals surface area contributed by atoms with Gasteiger partial charge in [-0.05, 0) is 25.0 Å². The van der Waals surface area contributed by atoms with Crippen molar-refractivity contribution in [2.45, 2.75) is 32.2 Å². The number of halogens is 1. The molecule has 17 heavy (non-hydrogen) atoms. The lowest BCUT2D eigenvalue weighted by molar-refractivity contribution is 0.636. The number of aromatic nitrogens is 3. The standard InChI is InChI=1S/C13H14ClN3/c14-11-7-4-3-6-10(11)13-16-15-12-8-2-1-5-9-17(12)13/h3-4,6-7H,1-2,5,8-9H2. The third kappa shape index (κ3) is 1.95. The zero-order chi connectivity index (χ0) is 11.7. The molecule has 3 rings (SSSR count). The molecule has 1 aliphatic heterocycles.